The number of hydrogen-bond donors (Lipinski definition) is 1. The van der Waals surface area contributed by atoms with Crippen molar-refractivity contribution in [3.63, 3.8) is 0 Å². The minimum atomic E-state index is -3.53. The second kappa shape index (κ2) is 9.47. The number of amides is 1. The van der Waals surface area contributed by atoms with Gasteiger partial charge in [0.15, 0.2) is 0 Å². The quantitative estimate of drug-likeness (QED) is 0.747. The van der Waals surface area contributed by atoms with Crippen molar-refractivity contribution in [1.29, 1.82) is 0 Å². The zero-order chi connectivity index (χ0) is 20.9. The topological polar surface area (TPSA) is 75.7 Å². The zero-order valence-electron chi connectivity index (χ0n) is 16.3. The molecule has 1 fully saturated rings. The van der Waals surface area contributed by atoms with Crippen molar-refractivity contribution < 1.29 is 22.3 Å². The molecule has 1 aliphatic rings. The van der Waals surface area contributed by atoms with Crippen LogP contribution in [-0.4, -0.2) is 45.4 Å². The van der Waals surface area contributed by atoms with Crippen molar-refractivity contribution in [3.8, 4) is 0 Å². The van der Waals surface area contributed by atoms with Crippen LogP contribution in [0.3, 0.4) is 0 Å². The first-order chi connectivity index (χ1) is 13.9. The Bertz CT molecular complexity index is 941. The molecule has 1 atom stereocenters. The number of methoxy groups -OCH3 is 1. The van der Waals surface area contributed by atoms with E-state index in [1.54, 1.807) is 12.1 Å². The predicted octanol–water partition coefficient (Wildman–Crippen LogP) is 3.12. The molecule has 1 unspecified atom stereocenters. The third-order valence-corrected chi connectivity index (χ3v) is 6.94. The SMILES string of the molecule is COC(CNC(=O)c1ccc(S(=O)(=O)N2CCCCC2)cc1)c1cccc(F)c1. The number of piperidine rings is 1. The fourth-order valence-corrected chi connectivity index (χ4v) is 4.88. The van der Waals surface area contributed by atoms with Gasteiger partial charge < -0.3 is 10.1 Å². The number of ether oxygens (including phenoxy) is 1. The van der Waals surface area contributed by atoms with Crippen LogP contribution in [0.25, 0.3) is 0 Å². The Morgan fingerprint density at radius 1 is 1.14 bits per heavy atom. The summed E-state index contributed by atoms with van der Waals surface area (Å²) in [5.74, 6) is -0.730. The molecule has 2 aromatic carbocycles. The van der Waals surface area contributed by atoms with E-state index in [0.717, 1.165) is 19.3 Å². The lowest BCUT2D eigenvalue weighted by molar-refractivity contribution is 0.0827. The van der Waals surface area contributed by atoms with Crippen molar-refractivity contribution in [1.82, 2.24) is 9.62 Å². The van der Waals surface area contributed by atoms with E-state index in [2.05, 4.69) is 5.32 Å². The highest BCUT2D eigenvalue weighted by Gasteiger charge is 2.26. The van der Waals surface area contributed by atoms with Gasteiger partial charge in [0.25, 0.3) is 5.91 Å². The normalized spacial score (nSPS) is 16.3. The molecular weight excluding hydrogens is 395 g/mol. The Kier molecular flexibility index (Phi) is 7.00. The first kappa shape index (κ1) is 21.4. The van der Waals surface area contributed by atoms with E-state index in [1.165, 1.54) is 47.8 Å². The molecule has 1 aliphatic heterocycles. The summed E-state index contributed by atoms with van der Waals surface area (Å²) >= 11 is 0. The van der Waals surface area contributed by atoms with Gasteiger partial charge in [0.1, 0.15) is 5.82 Å². The highest BCUT2D eigenvalue weighted by atomic mass is 32.2. The van der Waals surface area contributed by atoms with Crippen molar-refractivity contribution in [2.75, 3.05) is 26.7 Å². The van der Waals surface area contributed by atoms with Gasteiger partial charge in [-0.1, -0.05) is 18.6 Å². The van der Waals surface area contributed by atoms with Crippen LogP contribution in [0, 0.1) is 5.82 Å². The summed E-state index contributed by atoms with van der Waals surface area (Å²) in [6, 6.07) is 11.9. The van der Waals surface area contributed by atoms with Gasteiger partial charge in [0.2, 0.25) is 10.0 Å². The van der Waals surface area contributed by atoms with Gasteiger partial charge in [-0.15, -0.1) is 0 Å². The molecule has 1 N–H and O–H groups in total. The second-order valence-corrected chi connectivity index (χ2v) is 8.92. The van der Waals surface area contributed by atoms with Crippen LogP contribution in [0.5, 0.6) is 0 Å². The largest absolute Gasteiger partial charge is 0.375 e. The van der Waals surface area contributed by atoms with Crippen LogP contribution in [0.15, 0.2) is 53.4 Å². The van der Waals surface area contributed by atoms with Crippen LogP contribution < -0.4 is 5.32 Å². The first-order valence-electron chi connectivity index (χ1n) is 9.58. The standard InChI is InChI=1S/C21H25FN2O4S/c1-28-20(17-6-5-7-18(22)14-17)15-23-21(25)16-8-10-19(11-9-16)29(26,27)24-12-3-2-4-13-24/h5-11,14,20H,2-4,12-13,15H2,1H3,(H,23,25). The van der Waals surface area contributed by atoms with Gasteiger partial charge in [-0.3, -0.25) is 4.79 Å². The van der Waals surface area contributed by atoms with E-state index >= 15 is 0 Å². The van der Waals surface area contributed by atoms with Crippen LogP contribution >= 0.6 is 0 Å². The first-order valence-corrected chi connectivity index (χ1v) is 11.0. The lowest BCUT2D eigenvalue weighted by atomic mass is 10.1. The smallest absolute Gasteiger partial charge is 0.251 e. The van der Waals surface area contributed by atoms with E-state index < -0.39 is 16.1 Å². The number of nitrogens with zero attached hydrogens (tertiary/aromatic N) is 1. The number of sulfonamides is 1. The highest BCUT2D eigenvalue weighted by Crippen LogP contribution is 2.21. The Hall–Kier alpha value is -2.29. The summed E-state index contributed by atoms with van der Waals surface area (Å²) in [6.07, 6.45) is 2.29. The average molecular weight is 421 g/mol. The Balaban J connectivity index is 1.64. The fraction of sp³-hybridized carbons (Fsp3) is 0.381. The van der Waals surface area contributed by atoms with E-state index in [1.807, 2.05) is 0 Å². The van der Waals surface area contributed by atoms with Crippen LogP contribution in [0.4, 0.5) is 4.39 Å². The van der Waals surface area contributed by atoms with E-state index in [-0.39, 0.29) is 23.2 Å². The van der Waals surface area contributed by atoms with Gasteiger partial charge in [-0.25, -0.2) is 12.8 Å². The minimum absolute atomic E-state index is 0.159. The molecule has 0 spiro atoms. The molecule has 29 heavy (non-hydrogen) atoms. The van der Waals surface area contributed by atoms with Gasteiger partial charge in [-0.05, 0) is 54.8 Å². The molecule has 8 heteroatoms. The molecule has 0 saturated carbocycles. The predicted molar refractivity (Wildman–Crippen MR) is 108 cm³/mol. The summed E-state index contributed by atoms with van der Waals surface area (Å²) in [5.41, 5.74) is 0.965. The molecule has 156 valence electrons. The third-order valence-electron chi connectivity index (χ3n) is 5.02. The highest BCUT2D eigenvalue weighted by molar-refractivity contribution is 7.89. The Labute approximate surface area is 170 Å². The number of carbonyl (C=O) groups is 1. The molecule has 1 amide bonds. The fourth-order valence-electron chi connectivity index (χ4n) is 3.36. The number of nitrogens with one attached hydrogen (secondary N) is 1. The number of benzene rings is 2. The van der Waals surface area contributed by atoms with Crippen molar-refractivity contribution >= 4 is 15.9 Å². The van der Waals surface area contributed by atoms with Crippen molar-refractivity contribution in [2.24, 2.45) is 0 Å². The van der Waals surface area contributed by atoms with Gasteiger partial charge >= 0.3 is 0 Å². The van der Waals surface area contributed by atoms with Crippen LogP contribution in [0.2, 0.25) is 0 Å². The monoisotopic (exact) mass is 420 g/mol. The van der Waals surface area contributed by atoms with Crippen molar-refractivity contribution in [2.45, 2.75) is 30.3 Å². The summed E-state index contributed by atoms with van der Waals surface area (Å²) in [4.78, 5) is 12.6. The van der Waals surface area contributed by atoms with Gasteiger partial charge in [0.05, 0.1) is 11.0 Å². The number of hydrogen-bond acceptors (Lipinski definition) is 4. The maximum absolute atomic E-state index is 13.4. The maximum atomic E-state index is 13.4. The van der Waals surface area contributed by atoms with Crippen LogP contribution in [0.1, 0.15) is 41.3 Å². The molecule has 0 radical (unpaired) electrons. The maximum Gasteiger partial charge on any atom is 0.251 e. The molecule has 0 aromatic heterocycles. The van der Waals surface area contributed by atoms with E-state index in [9.17, 15) is 17.6 Å². The number of carbonyl (C=O) groups excluding carboxylic acids is 1. The Morgan fingerprint density at radius 2 is 1.83 bits per heavy atom. The summed E-state index contributed by atoms with van der Waals surface area (Å²) in [6.45, 7) is 1.22. The van der Waals surface area contributed by atoms with Gasteiger partial charge in [0, 0.05) is 32.3 Å². The molecule has 1 saturated heterocycles. The summed E-state index contributed by atoms with van der Waals surface area (Å²) in [7, 11) is -2.04. The lowest BCUT2D eigenvalue weighted by Gasteiger charge is -2.25. The molecule has 1 heterocycles. The number of halogens is 1. The molecule has 6 nitrogen and oxygen atoms in total. The summed E-state index contributed by atoms with van der Waals surface area (Å²) < 4.78 is 45.6. The van der Waals surface area contributed by atoms with Crippen LogP contribution in [-0.2, 0) is 14.8 Å². The Morgan fingerprint density at radius 3 is 2.45 bits per heavy atom. The second-order valence-electron chi connectivity index (χ2n) is 6.98. The van der Waals surface area contributed by atoms with E-state index in [0.29, 0.717) is 24.2 Å². The molecule has 3 rings (SSSR count). The number of rotatable bonds is 7. The lowest BCUT2D eigenvalue weighted by Crippen LogP contribution is -2.35. The van der Waals surface area contributed by atoms with Gasteiger partial charge in [-0.2, -0.15) is 4.31 Å². The molecule has 0 aliphatic carbocycles. The van der Waals surface area contributed by atoms with Crippen molar-refractivity contribution in [3.05, 3.63) is 65.5 Å². The molecular formula is C21H25FN2O4S. The zero-order valence-corrected chi connectivity index (χ0v) is 17.1. The minimum Gasteiger partial charge on any atom is -0.375 e. The summed E-state index contributed by atoms with van der Waals surface area (Å²) in [5, 5.41) is 2.74. The average Bonchev–Trinajstić information content (AvgIpc) is 2.75. The molecule has 2 aromatic rings. The third kappa shape index (κ3) is 5.20. The molecule has 0 bridgehead atoms. The van der Waals surface area contributed by atoms with E-state index in [4.69, 9.17) is 4.74 Å².